The van der Waals surface area contributed by atoms with Gasteiger partial charge in [0.15, 0.2) is 0 Å². The van der Waals surface area contributed by atoms with Crippen LogP contribution in [-0.2, 0) is 0 Å². The Hall–Kier alpha value is -6.10. The summed E-state index contributed by atoms with van der Waals surface area (Å²) in [6, 6.07) is 63.2. The van der Waals surface area contributed by atoms with Gasteiger partial charge in [0.1, 0.15) is 5.82 Å². The van der Waals surface area contributed by atoms with Crippen molar-refractivity contribution in [3.05, 3.63) is 176 Å². The van der Waals surface area contributed by atoms with Crippen molar-refractivity contribution in [1.29, 1.82) is 0 Å². The Balaban J connectivity index is 1.10. The van der Waals surface area contributed by atoms with Crippen LogP contribution in [-0.4, -0.2) is 9.55 Å². The number of aromatic nitrogens is 2. The first-order valence-corrected chi connectivity index (χ1v) is 17.4. The van der Waals surface area contributed by atoms with Gasteiger partial charge >= 0.3 is 0 Å². The van der Waals surface area contributed by atoms with E-state index in [1.165, 1.54) is 53.8 Å². The van der Waals surface area contributed by atoms with E-state index >= 15 is 0 Å². The quantitative estimate of drug-likeness (QED) is 0.190. The molecule has 230 valence electrons. The highest BCUT2D eigenvalue weighted by Crippen LogP contribution is 2.52. The lowest BCUT2D eigenvalue weighted by Crippen LogP contribution is -2.14. The van der Waals surface area contributed by atoms with Gasteiger partial charge in [0.05, 0.1) is 22.4 Å². The van der Waals surface area contributed by atoms with Gasteiger partial charge in [-0.3, -0.25) is 4.57 Å². The summed E-state index contributed by atoms with van der Waals surface area (Å²) in [5, 5.41) is 4.98. The molecule has 2 heterocycles. The predicted molar refractivity (Wildman–Crippen MR) is 206 cm³/mol. The molecule has 4 heteroatoms. The highest BCUT2D eigenvalue weighted by molar-refractivity contribution is 7.99. The van der Waals surface area contributed by atoms with Crippen molar-refractivity contribution in [3.63, 3.8) is 0 Å². The van der Waals surface area contributed by atoms with Crippen molar-refractivity contribution < 1.29 is 0 Å². The Bertz CT molecular complexity index is 2700. The van der Waals surface area contributed by atoms with Crippen LogP contribution in [0.3, 0.4) is 0 Å². The lowest BCUT2D eigenvalue weighted by molar-refractivity contribution is 1.10. The molecule has 0 aliphatic carbocycles. The largest absolute Gasteiger partial charge is 0.308 e. The third-order valence-electron chi connectivity index (χ3n) is 9.56. The first-order valence-electron chi connectivity index (χ1n) is 16.5. The summed E-state index contributed by atoms with van der Waals surface area (Å²) in [5.41, 5.74) is 10.2. The zero-order chi connectivity index (χ0) is 32.3. The molecular formula is C45H29N3S. The van der Waals surface area contributed by atoms with E-state index in [4.69, 9.17) is 4.98 Å². The van der Waals surface area contributed by atoms with E-state index in [0.29, 0.717) is 0 Å². The lowest BCUT2D eigenvalue weighted by Gasteiger charge is -2.33. The van der Waals surface area contributed by atoms with Gasteiger partial charge in [-0.15, -0.1) is 0 Å². The molecule has 10 rings (SSSR count). The van der Waals surface area contributed by atoms with Crippen molar-refractivity contribution in [2.75, 3.05) is 4.90 Å². The SMILES string of the molecule is c1ccc2c(c1)Sc1cc(-c3nc4ccccc4n3-c3ccc(-c4cccc5ccccc45)cc3)ccc1N2c1ccc2ccccc2c1. The van der Waals surface area contributed by atoms with Crippen LogP contribution in [0.1, 0.15) is 0 Å². The standard InChI is InChI=1S/C45H29N3S/c1-2-12-33-28-36(26-20-30(33)10-1)47-41-18-7-8-19-43(41)49-44-29-34(23-27-42(44)47)45-46-39-16-5-6-17-40(39)48(45)35-24-21-32(22-25-35)38-15-9-13-31-11-3-4-14-37(31)38/h1-29H. The summed E-state index contributed by atoms with van der Waals surface area (Å²) in [6.07, 6.45) is 0. The summed E-state index contributed by atoms with van der Waals surface area (Å²) in [4.78, 5) is 10.1. The second-order valence-corrected chi connectivity index (χ2v) is 13.5. The molecule has 49 heavy (non-hydrogen) atoms. The second kappa shape index (κ2) is 11.3. The summed E-state index contributed by atoms with van der Waals surface area (Å²) in [7, 11) is 0. The molecule has 1 aromatic heterocycles. The predicted octanol–water partition coefficient (Wildman–Crippen LogP) is 12.6. The molecule has 0 spiro atoms. The van der Waals surface area contributed by atoms with Crippen LogP contribution < -0.4 is 4.90 Å². The molecule has 1 aliphatic rings. The van der Waals surface area contributed by atoms with E-state index in [0.717, 1.165) is 33.8 Å². The van der Waals surface area contributed by atoms with Crippen LogP contribution in [0, 0.1) is 0 Å². The Morgan fingerprint density at radius 2 is 1.14 bits per heavy atom. The molecule has 1 aliphatic heterocycles. The molecular weight excluding hydrogens is 615 g/mol. The zero-order valence-electron chi connectivity index (χ0n) is 26.5. The number of nitrogens with zero attached hydrogens (tertiary/aromatic N) is 3. The average Bonchev–Trinajstić information content (AvgIpc) is 3.56. The average molecular weight is 644 g/mol. The Labute approximate surface area is 288 Å². The smallest absolute Gasteiger partial charge is 0.145 e. The highest BCUT2D eigenvalue weighted by Gasteiger charge is 2.26. The Kier molecular flexibility index (Phi) is 6.42. The number of para-hydroxylation sites is 3. The van der Waals surface area contributed by atoms with Crippen LogP contribution in [0.15, 0.2) is 186 Å². The summed E-state index contributed by atoms with van der Waals surface area (Å²) in [6.45, 7) is 0. The molecule has 0 fully saturated rings. The maximum atomic E-state index is 5.23. The van der Waals surface area contributed by atoms with E-state index < -0.39 is 0 Å². The third-order valence-corrected chi connectivity index (χ3v) is 10.7. The van der Waals surface area contributed by atoms with Gasteiger partial charge < -0.3 is 4.90 Å². The topological polar surface area (TPSA) is 21.1 Å². The molecule has 0 saturated heterocycles. The van der Waals surface area contributed by atoms with Crippen LogP contribution in [0.4, 0.5) is 17.1 Å². The van der Waals surface area contributed by atoms with Crippen LogP contribution in [0.25, 0.3) is 60.8 Å². The number of imidazole rings is 1. The van der Waals surface area contributed by atoms with Gasteiger partial charge in [-0.1, -0.05) is 121 Å². The molecule has 0 radical (unpaired) electrons. The molecule has 0 amide bonds. The van der Waals surface area contributed by atoms with E-state index in [9.17, 15) is 0 Å². The molecule has 8 aromatic carbocycles. The van der Waals surface area contributed by atoms with Crippen molar-refractivity contribution in [1.82, 2.24) is 9.55 Å². The first-order chi connectivity index (χ1) is 24.3. The molecule has 0 saturated carbocycles. The fourth-order valence-corrected chi connectivity index (χ4v) is 8.34. The number of fused-ring (bicyclic) bond motifs is 5. The molecule has 0 atom stereocenters. The van der Waals surface area contributed by atoms with Gasteiger partial charge in [0.2, 0.25) is 0 Å². The number of benzene rings is 8. The van der Waals surface area contributed by atoms with E-state index in [2.05, 4.69) is 185 Å². The van der Waals surface area contributed by atoms with Gasteiger partial charge in [0, 0.05) is 26.7 Å². The van der Waals surface area contributed by atoms with Crippen molar-refractivity contribution in [3.8, 4) is 28.2 Å². The minimum atomic E-state index is 0.929. The number of anilines is 3. The fourth-order valence-electron chi connectivity index (χ4n) is 7.24. The number of hydrogen-bond acceptors (Lipinski definition) is 3. The van der Waals surface area contributed by atoms with Crippen molar-refractivity contribution in [2.45, 2.75) is 9.79 Å². The number of rotatable bonds is 4. The normalized spacial score (nSPS) is 12.4. The zero-order valence-corrected chi connectivity index (χ0v) is 27.3. The van der Waals surface area contributed by atoms with Crippen LogP contribution in [0.2, 0.25) is 0 Å². The van der Waals surface area contributed by atoms with Gasteiger partial charge in [-0.2, -0.15) is 0 Å². The minimum absolute atomic E-state index is 0.929. The maximum absolute atomic E-state index is 5.23. The van der Waals surface area contributed by atoms with Gasteiger partial charge in [0.25, 0.3) is 0 Å². The van der Waals surface area contributed by atoms with E-state index in [-0.39, 0.29) is 0 Å². The molecule has 3 nitrogen and oxygen atoms in total. The molecule has 0 N–H and O–H groups in total. The Morgan fingerprint density at radius 3 is 2.06 bits per heavy atom. The summed E-state index contributed by atoms with van der Waals surface area (Å²) < 4.78 is 2.30. The van der Waals surface area contributed by atoms with Gasteiger partial charge in [-0.25, -0.2) is 4.98 Å². The highest BCUT2D eigenvalue weighted by atomic mass is 32.2. The molecule has 0 bridgehead atoms. The van der Waals surface area contributed by atoms with Crippen LogP contribution >= 0.6 is 11.8 Å². The lowest BCUT2D eigenvalue weighted by atomic mass is 9.98. The number of hydrogen-bond donors (Lipinski definition) is 0. The molecule has 0 unspecified atom stereocenters. The van der Waals surface area contributed by atoms with Crippen molar-refractivity contribution in [2.24, 2.45) is 0 Å². The second-order valence-electron chi connectivity index (χ2n) is 12.5. The third kappa shape index (κ3) is 4.64. The van der Waals surface area contributed by atoms with Crippen LogP contribution in [0.5, 0.6) is 0 Å². The Morgan fingerprint density at radius 1 is 0.449 bits per heavy atom. The first kappa shape index (κ1) is 28.0. The molecule has 9 aromatic rings. The fraction of sp³-hybridized carbons (Fsp3) is 0. The summed E-state index contributed by atoms with van der Waals surface area (Å²) in [5.74, 6) is 0.929. The van der Waals surface area contributed by atoms with E-state index in [1.54, 1.807) is 0 Å². The minimum Gasteiger partial charge on any atom is -0.308 e. The van der Waals surface area contributed by atoms with E-state index in [1.807, 2.05) is 11.8 Å². The van der Waals surface area contributed by atoms with Crippen molar-refractivity contribution >= 4 is 61.4 Å². The van der Waals surface area contributed by atoms with Gasteiger partial charge in [-0.05, 0) is 99.4 Å². The monoisotopic (exact) mass is 643 g/mol. The maximum Gasteiger partial charge on any atom is 0.145 e. The summed E-state index contributed by atoms with van der Waals surface area (Å²) >= 11 is 1.82.